The zero-order valence-corrected chi connectivity index (χ0v) is 13.1. The highest BCUT2D eigenvalue weighted by atomic mass is 16.6. The first kappa shape index (κ1) is 14.7. The third-order valence-electron chi connectivity index (χ3n) is 3.68. The van der Waals surface area contributed by atoms with Crippen molar-refractivity contribution in [1.29, 1.82) is 0 Å². The zero-order valence-electron chi connectivity index (χ0n) is 13.1. The molecule has 1 aromatic carbocycles. The van der Waals surface area contributed by atoms with Crippen LogP contribution in [0.5, 0.6) is 5.75 Å². The van der Waals surface area contributed by atoms with Crippen molar-refractivity contribution < 1.29 is 14.3 Å². The molecular formula is C16H23NO3. The molecule has 1 aliphatic rings. The molecule has 0 radical (unpaired) electrons. The quantitative estimate of drug-likeness (QED) is 0.783. The highest BCUT2D eigenvalue weighted by molar-refractivity contribution is 5.70. The normalized spacial score (nSPS) is 17.9. The van der Waals surface area contributed by atoms with E-state index in [1.54, 1.807) is 12.0 Å². The molecule has 0 saturated carbocycles. The Bertz CT molecular complexity index is 531. The predicted molar refractivity (Wildman–Crippen MR) is 77.9 cm³/mol. The molecule has 1 atom stereocenters. The van der Waals surface area contributed by atoms with Gasteiger partial charge in [-0.25, -0.2) is 4.79 Å². The van der Waals surface area contributed by atoms with Gasteiger partial charge in [-0.15, -0.1) is 0 Å². The lowest BCUT2D eigenvalue weighted by Gasteiger charge is -2.27. The van der Waals surface area contributed by atoms with Crippen molar-refractivity contribution in [3.63, 3.8) is 0 Å². The fraction of sp³-hybridized carbons (Fsp3) is 0.562. The van der Waals surface area contributed by atoms with Gasteiger partial charge in [0.2, 0.25) is 0 Å². The average Bonchev–Trinajstić information content (AvgIpc) is 2.66. The summed E-state index contributed by atoms with van der Waals surface area (Å²) in [6.07, 6.45) is -0.264. The summed E-state index contributed by atoms with van der Waals surface area (Å²) in [6.45, 7) is 10.3. The van der Waals surface area contributed by atoms with Crippen molar-refractivity contribution in [2.75, 3.05) is 7.11 Å². The van der Waals surface area contributed by atoms with Crippen LogP contribution in [0.25, 0.3) is 0 Å². The molecule has 0 spiro atoms. The van der Waals surface area contributed by atoms with Gasteiger partial charge in [-0.3, -0.25) is 4.90 Å². The van der Waals surface area contributed by atoms with Crippen LogP contribution in [0.1, 0.15) is 50.4 Å². The second kappa shape index (κ2) is 5.00. The molecule has 20 heavy (non-hydrogen) atoms. The van der Waals surface area contributed by atoms with Gasteiger partial charge in [-0.2, -0.15) is 0 Å². The van der Waals surface area contributed by atoms with Gasteiger partial charge >= 0.3 is 6.09 Å². The van der Waals surface area contributed by atoms with Crippen molar-refractivity contribution in [3.05, 3.63) is 28.8 Å². The van der Waals surface area contributed by atoms with Crippen molar-refractivity contribution in [2.24, 2.45) is 0 Å². The number of hydrogen-bond donors (Lipinski definition) is 0. The largest absolute Gasteiger partial charge is 0.496 e. The van der Waals surface area contributed by atoms with Crippen LogP contribution in [-0.2, 0) is 11.3 Å². The summed E-state index contributed by atoms with van der Waals surface area (Å²) in [5.74, 6) is 0.863. The number of carbonyl (C=O) groups is 1. The Labute approximate surface area is 120 Å². The molecule has 4 heteroatoms. The minimum Gasteiger partial charge on any atom is -0.496 e. The lowest BCUT2D eigenvalue weighted by Crippen LogP contribution is -2.35. The maximum Gasteiger partial charge on any atom is 0.411 e. The molecule has 0 fully saturated rings. The fourth-order valence-electron chi connectivity index (χ4n) is 2.60. The van der Waals surface area contributed by atoms with Crippen molar-refractivity contribution in [2.45, 2.75) is 52.8 Å². The van der Waals surface area contributed by atoms with Gasteiger partial charge in [0, 0.05) is 0 Å². The Balaban J connectivity index is 2.27. The second-order valence-electron chi connectivity index (χ2n) is 6.24. The molecule has 0 saturated heterocycles. The van der Waals surface area contributed by atoms with Crippen LogP contribution in [0.3, 0.4) is 0 Å². The van der Waals surface area contributed by atoms with Crippen molar-refractivity contribution >= 4 is 6.09 Å². The highest BCUT2D eigenvalue weighted by Gasteiger charge is 2.34. The van der Waals surface area contributed by atoms with Gasteiger partial charge in [0.25, 0.3) is 0 Å². The minimum atomic E-state index is -0.474. The van der Waals surface area contributed by atoms with Crippen LogP contribution in [0.4, 0.5) is 4.79 Å². The van der Waals surface area contributed by atoms with Crippen LogP contribution in [0, 0.1) is 6.92 Å². The highest BCUT2D eigenvalue weighted by Crippen LogP contribution is 2.38. The van der Waals surface area contributed by atoms with Crippen LogP contribution >= 0.6 is 0 Å². The van der Waals surface area contributed by atoms with E-state index in [0.29, 0.717) is 6.54 Å². The molecule has 1 heterocycles. The first-order valence-corrected chi connectivity index (χ1v) is 6.90. The summed E-state index contributed by atoms with van der Waals surface area (Å²) in [6, 6.07) is 4.03. The maximum atomic E-state index is 12.3. The number of nitrogens with zero attached hydrogens (tertiary/aromatic N) is 1. The third kappa shape index (κ3) is 2.60. The Morgan fingerprint density at radius 2 is 2.00 bits per heavy atom. The number of rotatable bonds is 1. The Hall–Kier alpha value is -1.71. The number of amides is 1. The van der Waals surface area contributed by atoms with E-state index < -0.39 is 5.60 Å². The Morgan fingerprint density at radius 3 is 2.55 bits per heavy atom. The summed E-state index contributed by atoms with van der Waals surface area (Å²) in [4.78, 5) is 14.0. The molecule has 0 aromatic heterocycles. The van der Waals surface area contributed by atoms with E-state index in [1.807, 2.05) is 46.8 Å². The number of hydrogen-bond acceptors (Lipinski definition) is 3. The molecular weight excluding hydrogens is 254 g/mol. The van der Waals surface area contributed by atoms with E-state index in [-0.39, 0.29) is 12.1 Å². The lowest BCUT2D eigenvalue weighted by molar-refractivity contribution is 0.0187. The van der Waals surface area contributed by atoms with Crippen LogP contribution in [0.15, 0.2) is 12.1 Å². The number of fused-ring (bicyclic) bond motifs is 1. The SMILES string of the molecule is COc1ccc2c(c1C)CN(C(=O)OC(C)(C)C)[C@H]2C. The molecule has 1 aromatic rings. The summed E-state index contributed by atoms with van der Waals surface area (Å²) >= 11 is 0. The molecule has 0 aliphatic carbocycles. The minimum absolute atomic E-state index is 0.0319. The van der Waals surface area contributed by atoms with Gasteiger partial charge in [0.05, 0.1) is 19.7 Å². The van der Waals surface area contributed by atoms with Gasteiger partial charge in [0.1, 0.15) is 11.4 Å². The molecule has 4 nitrogen and oxygen atoms in total. The van der Waals surface area contributed by atoms with E-state index in [1.165, 1.54) is 11.1 Å². The number of ether oxygens (including phenoxy) is 2. The Morgan fingerprint density at radius 1 is 1.35 bits per heavy atom. The summed E-state index contributed by atoms with van der Waals surface area (Å²) < 4.78 is 10.8. The Kier molecular flexibility index (Phi) is 3.67. The summed E-state index contributed by atoms with van der Waals surface area (Å²) in [5, 5.41) is 0. The fourth-order valence-corrected chi connectivity index (χ4v) is 2.60. The molecule has 0 N–H and O–H groups in total. The molecule has 110 valence electrons. The van der Waals surface area contributed by atoms with E-state index in [4.69, 9.17) is 9.47 Å². The summed E-state index contributed by atoms with van der Waals surface area (Å²) in [7, 11) is 1.67. The molecule has 0 bridgehead atoms. The monoisotopic (exact) mass is 277 g/mol. The number of methoxy groups -OCH3 is 1. The zero-order chi connectivity index (χ0) is 15.1. The van der Waals surface area contributed by atoms with Gasteiger partial charge in [-0.1, -0.05) is 6.07 Å². The number of carbonyl (C=O) groups excluding carboxylic acids is 1. The first-order chi connectivity index (χ1) is 9.24. The molecule has 2 rings (SSSR count). The van der Waals surface area contributed by atoms with E-state index in [0.717, 1.165) is 11.3 Å². The number of benzene rings is 1. The average molecular weight is 277 g/mol. The summed E-state index contributed by atoms with van der Waals surface area (Å²) in [5.41, 5.74) is 2.97. The smallest absolute Gasteiger partial charge is 0.411 e. The molecule has 0 unspecified atom stereocenters. The van der Waals surface area contributed by atoms with E-state index in [9.17, 15) is 4.79 Å². The van der Waals surface area contributed by atoms with E-state index >= 15 is 0 Å². The van der Waals surface area contributed by atoms with Crippen LogP contribution in [0.2, 0.25) is 0 Å². The lowest BCUT2D eigenvalue weighted by atomic mass is 10.0. The predicted octanol–water partition coefficient (Wildman–Crippen LogP) is 3.82. The van der Waals surface area contributed by atoms with Crippen molar-refractivity contribution in [1.82, 2.24) is 4.90 Å². The van der Waals surface area contributed by atoms with E-state index in [2.05, 4.69) is 0 Å². The van der Waals surface area contributed by atoms with Crippen molar-refractivity contribution in [3.8, 4) is 5.75 Å². The van der Waals surface area contributed by atoms with Gasteiger partial charge < -0.3 is 9.47 Å². The van der Waals surface area contributed by atoms with Gasteiger partial charge in [-0.05, 0) is 57.4 Å². The van der Waals surface area contributed by atoms with Gasteiger partial charge in [0.15, 0.2) is 0 Å². The van der Waals surface area contributed by atoms with Crippen LogP contribution < -0.4 is 4.74 Å². The second-order valence-corrected chi connectivity index (χ2v) is 6.24. The third-order valence-corrected chi connectivity index (χ3v) is 3.68. The first-order valence-electron chi connectivity index (χ1n) is 6.90. The maximum absolute atomic E-state index is 12.3. The molecule has 1 amide bonds. The standard InChI is InChI=1S/C16H23NO3/c1-10-13-9-17(15(18)20-16(3,4)5)11(2)12(13)7-8-14(10)19-6/h7-8,11H,9H2,1-6H3/t11-/m0/s1. The van der Waals surface area contributed by atoms with Crippen LogP contribution in [-0.4, -0.2) is 23.7 Å². The molecule has 1 aliphatic heterocycles. The topological polar surface area (TPSA) is 38.8 Å².